The average Bonchev–Trinajstić information content (AvgIpc) is 3.48. The first-order valence-electron chi connectivity index (χ1n) is 15.2. The third-order valence-electron chi connectivity index (χ3n) is 6.81. The lowest BCUT2D eigenvalue weighted by Gasteiger charge is -2.23. The average molecular weight is 698 g/mol. The number of fused-ring (bicyclic) bond motifs is 1. The van der Waals surface area contributed by atoms with Crippen LogP contribution in [0.3, 0.4) is 0 Å². The summed E-state index contributed by atoms with van der Waals surface area (Å²) in [5, 5.41) is 10.9. The maximum Gasteiger partial charge on any atom is 0.389 e. The SMILES string of the molecule is CNC(=O)c1ccccc1Sc1ccc2c(/C=C/c3ccccn3)nn(P(=O)(N[C@@H](C)C(=O)OC)OCCOCCOCCOC)c2c1. The van der Waals surface area contributed by atoms with E-state index in [0.717, 1.165) is 9.79 Å². The van der Waals surface area contributed by atoms with Crippen molar-refractivity contribution in [2.45, 2.75) is 22.8 Å². The van der Waals surface area contributed by atoms with Gasteiger partial charge >= 0.3 is 13.6 Å². The molecule has 15 heteroatoms. The second kappa shape index (κ2) is 18.6. The van der Waals surface area contributed by atoms with Crippen molar-refractivity contribution in [3.63, 3.8) is 0 Å². The standard InChI is InChI=1S/C33H40N5O8PS/c1-24(33(40)43-4)37-47(41,46-22-21-45-20-19-44-18-17-42-3)38-30-23-26(48-31-11-6-5-10-28(31)32(39)34-2)13-14-27(30)29(36-38)15-12-25-9-7-8-16-35-25/h5-16,23-24H,17-22H2,1-4H3,(H,34,39)(H,37,41)/b15-12+/t24-,47?/m0/s1. The zero-order valence-corrected chi connectivity index (χ0v) is 29.0. The van der Waals surface area contributed by atoms with Crippen LogP contribution in [-0.4, -0.2) is 93.4 Å². The van der Waals surface area contributed by atoms with Gasteiger partial charge in [-0.3, -0.25) is 19.1 Å². The number of rotatable bonds is 19. The Morgan fingerprint density at radius 1 is 0.958 bits per heavy atom. The number of nitrogens with one attached hydrogen (secondary N) is 2. The molecule has 0 spiro atoms. The Labute approximate surface area is 283 Å². The first-order chi connectivity index (χ1) is 23.3. The number of aromatic nitrogens is 3. The van der Waals surface area contributed by atoms with Gasteiger partial charge in [-0.2, -0.15) is 9.55 Å². The Hall–Kier alpha value is -3.88. The first-order valence-corrected chi connectivity index (χ1v) is 17.6. The monoisotopic (exact) mass is 697 g/mol. The minimum Gasteiger partial charge on any atom is -0.468 e. The number of carbonyl (C=O) groups excluding carboxylic acids is 2. The minimum atomic E-state index is -4.11. The molecular formula is C33H40N5O8PS. The van der Waals surface area contributed by atoms with Gasteiger partial charge in [-0.25, -0.2) is 9.65 Å². The van der Waals surface area contributed by atoms with Crippen molar-refractivity contribution in [1.82, 2.24) is 24.9 Å². The van der Waals surface area contributed by atoms with Crippen LogP contribution < -0.4 is 10.4 Å². The molecule has 4 aromatic rings. The molecule has 0 aliphatic carbocycles. The number of pyridine rings is 1. The van der Waals surface area contributed by atoms with Gasteiger partial charge < -0.3 is 24.3 Å². The number of hydrogen-bond donors (Lipinski definition) is 2. The summed E-state index contributed by atoms with van der Waals surface area (Å²) in [6, 6.07) is 17.4. The molecule has 0 saturated heterocycles. The number of hydrogen-bond acceptors (Lipinski definition) is 11. The molecule has 0 radical (unpaired) electrons. The molecule has 13 nitrogen and oxygen atoms in total. The number of methoxy groups -OCH3 is 2. The molecule has 0 fully saturated rings. The largest absolute Gasteiger partial charge is 0.468 e. The fourth-order valence-corrected chi connectivity index (χ4v) is 7.29. The van der Waals surface area contributed by atoms with E-state index in [-0.39, 0.29) is 19.1 Å². The van der Waals surface area contributed by atoms with Gasteiger partial charge in [0.1, 0.15) is 6.04 Å². The summed E-state index contributed by atoms with van der Waals surface area (Å²) < 4.78 is 42.9. The molecule has 256 valence electrons. The molecule has 0 aliphatic heterocycles. The lowest BCUT2D eigenvalue weighted by atomic mass is 10.2. The van der Waals surface area contributed by atoms with Crippen LogP contribution in [0.15, 0.2) is 76.7 Å². The normalized spacial score (nSPS) is 13.4. The van der Waals surface area contributed by atoms with Crippen LogP contribution in [0.5, 0.6) is 0 Å². The highest BCUT2D eigenvalue weighted by atomic mass is 32.2. The van der Waals surface area contributed by atoms with Gasteiger partial charge in [-0.1, -0.05) is 30.0 Å². The van der Waals surface area contributed by atoms with E-state index in [1.165, 1.54) is 30.2 Å². The van der Waals surface area contributed by atoms with Gasteiger partial charge in [-0.15, -0.1) is 0 Å². The summed E-state index contributed by atoms with van der Waals surface area (Å²) in [6.07, 6.45) is 5.26. The number of benzene rings is 2. The highest BCUT2D eigenvalue weighted by Crippen LogP contribution is 2.48. The molecule has 2 N–H and O–H groups in total. The topological polar surface area (TPSA) is 152 Å². The van der Waals surface area contributed by atoms with E-state index >= 15 is 0 Å². The number of amides is 1. The Balaban J connectivity index is 1.71. The van der Waals surface area contributed by atoms with Crippen molar-refractivity contribution in [3.8, 4) is 0 Å². The maximum atomic E-state index is 14.8. The van der Waals surface area contributed by atoms with E-state index in [1.54, 1.807) is 44.6 Å². The van der Waals surface area contributed by atoms with Crippen LogP contribution in [0.25, 0.3) is 23.1 Å². The number of nitrogens with zero attached hydrogens (tertiary/aromatic N) is 3. The fraction of sp³-hybridized carbons (Fsp3) is 0.333. The summed E-state index contributed by atoms with van der Waals surface area (Å²) in [4.78, 5) is 30.8. The van der Waals surface area contributed by atoms with Gasteiger partial charge in [0.05, 0.1) is 69.2 Å². The lowest BCUT2D eigenvalue weighted by Crippen LogP contribution is -2.35. The zero-order chi connectivity index (χ0) is 34.4. The van der Waals surface area contributed by atoms with Crippen LogP contribution in [0.1, 0.15) is 28.7 Å². The molecule has 1 amide bonds. The molecule has 48 heavy (non-hydrogen) atoms. The van der Waals surface area contributed by atoms with Crippen molar-refractivity contribution in [2.24, 2.45) is 0 Å². The summed E-state index contributed by atoms with van der Waals surface area (Å²) in [5.41, 5.74) is 2.19. The highest BCUT2D eigenvalue weighted by molar-refractivity contribution is 7.99. The first kappa shape index (κ1) is 36.9. The van der Waals surface area contributed by atoms with Crippen molar-refractivity contribution in [1.29, 1.82) is 0 Å². The smallest absolute Gasteiger partial charge is 0.389 e. The van der Waals surface area contributed by atoms with Crippen LogP contribution in [0, 0.1) is 0 Å². The Kier molecular flexibility index (Phi) is 14.3. The summed E-state index contributed by atoms with van der Waals surface area (Å²) >= 11 is 1.37. The van der Waals surface area contributed by atoms with E-state index in [2.05, 4.69) is 15.4 Å². The number of carbonyl (C=O) groups is 2. The quantitative estimate of drug-likeness (QED) is 0.0778. The number of ether oxygens (including phenoxy) is 4. The molecule has 2 heterocycles. The van der Waals surface area contributed by atoms with Crippen molar-refractivity contribution in [3.05, 3.63) is 83.8 Å². The Bertz CT molecular complexity index is 1740. The molecule has 4 rings (SSSR count). The van der Waals surface area contributed by atoms with Crippen LogP contribution in [0.2, 0.25) is 0 Å². The molecule has 2 aromatic heterocycles. The molecule has 0 saturated carbocycles. The maximum absolute atomic E-state index is 14.8. The van der Waals surface area contributed by atoms with E-state index in [9.17, 15) is 14.2 Å². The van der Waals surface area contributed by atoms with Gasteiger partial charge in [0.2, 0.25) is 0 Å². The van der Waals surface area contributed by atoms with Crippen molar-refractivity contribution >= 4 is 54.4 Å². The van der Waals surface area contributed by atoms with E-state index in [1.807, 2.05) is 48.5 Å². The molecule has 0 bridgehead atoms. The van der Waals surface area contributed by atoms with E-state index < -0.39 is 19.7 Å². The predicted octanol–water partition coefficient (Wildman–Crippen LogP) is 4.92. The molecule has 1 unspecified atom stereocenters. The summed E-state index contributed by atoms with van der Waals surface area (Å²) in [7, 11) is 0.311. The van der Waals surface area contributed by atoms with Gasteiger partial charge in [0.15, 0.2) is 0 Å². The second-order valence-corrected chi connectivity index (χ2v) is 13.2. The van der Waals surface area contributed by atoms with Crippen molar-refractivity contribution in [2.75, 3.05) is 60.9 Å². The van der Waals surface area contributed by atoms with Gasteiger partial charge in [0.25, 0.3) is 5.91 Å². The predicted molar refractivity (Wildman–Crippen MR) is 184 cm³/mol. The number of esters is 1. The molecule has 2 aromatic carbocycles. The molecule has 2 atom stereocenters. The second-order valence-electron chi connectivity index (χ2n) is 10.2. The van der Waals surface area contributed by atoms with E-state index in [0.29, 0.717) is 54.3 Å². The van der Waals surface area contributed by atoms with Crippen LogP contribution in [-0.2, 0) is 32.8 Å². The Morgan fingerprint density at radius 3 is 2.40 bits per heavy atom. The van der Waals surface area contributed by atoms with E-state index in [4.69, 9.17) is 28.6 Å². The van der Waals surface area contributed by atoms with Crippen LogP contribution >= 0.6 is 19.4 Å². The highest BCUT2D eigenvalue weighted by Gasteiger charge is 2.34. The Morgan fingerprint density at radius 2 is 1.69 bits per heavy atom. The third-order valence-corrected chi connectivity index (χ3v) is 9.92. The fourth-order valence-electron chi connectivity index (χ4n) is 4.44. The minimum absolute atomic E-state index is 0.0787. The molecular weight excluding hydrogens is 657 g/mol. The van der Waals surface area contributed by atoms with Crippen LogP contribution in [0.4, 0.5) is 0 Å². The van der Waals surface area contributed by atoms with Gasteiger partial charge in [-0.05, 0) is 61.5 Å². The molecule has 0 aliphatic rings. The zero-order valence-electron chi connectivity index (χ0n) is 27.3. The lowest BCUT2D eigenvalue weighted by molar-refractivity contribution is -0.142. The summed E-state index contributed by atoms with van der Waals surface area (Å²) in [6.45, 7) is 3.14. The summed E-state index contributed by atoms with van der Waals surface area (Å²) in [5.74, 6) is -0.842. The third kappa shape index (κ3) is 10.1. The van der Waals surface area contributed by atoms with Crippen molar-refractivity contribution < 1.29 is 37.6 Å². The van der Waals surface area contributed by atoms with Gasteiger partial charge in [0, 0.05) is 35.5 Å².